The number of hydrogen-bond acceptors (Lipinski definition) is 4. The van der Waals surface area contributed by atoms with E-state index in [-0.39, 0.29) is 5.56 Å². The predicted molar refractivity (Wildman–Crippen MR) is 100 cm³/mol. The summed E-state index contributed by atoms with van der Waals surface area (Å²) in [6.45, 7) is 0.704. The zero-order valence-electron chi connectivity index (χ0n) is 14.4. The van der Waals surface area contributed by atoms with Gasteiger partial charge < -0.3 is 10.0 Å². The number of hydrogen-bond donors (Lipinski definition) is 1. The van der Waals surface area contributed by atoms with E-state index in [9.17, 15) is 9.90 Å². The topological polar surface area (TPSA) is 76.7 Å². The Hall–Kier alpha value is -3.13. The number of nitrogens with zero attached hydrogens (tertiary/aromatic N) is 3. The molecule has 5 nitrogen and oxygen atoms in total. The standard InChI is InChI=1S/C21H19N3O2/c22-12-14-5-7-15(8-6-14)19-13-24(17-3-1-2-4-17)20-10-9-16(21(25)26)11-18(20)23-19/h5-11,17H,1-4,13H2,(H,25,26). The number of benzene rings is 2. The van der Waals surface area contributed by atoms with Crippen molar-refractivity contribution in [2.45, 2.75) is 31.7 Å². The number of carbonyl (C=O) groups is 1. The lowest BCUT2D eigenvalue weighted by Gasteiger charge is -2.35. The van der Waals surface area contributed by atoms with Crippen LogP contribution >= 0.6 is 0 Å². The molecule has 0 bridgehead atoms. The summed E-state index contributed by atoms with van der Waals surface area (Å²) in [5, 5.41) is 18.3. The molecule has 1 N–H and O–H groups in total. The first-order valence-electron chi connectivity index (χ1n) is 8.88. The second-order valence-electron chi connectivity index (χ2n) is 6.82. The lowest BCUT2D eigenvalue weighted by Crippen LogP contribution is -2.39. The molecule has 2 aromatic rings. The van der Waals surface area contributed by atoms with Crippen molar-refractivity contribution >= 4 is 23.1 Å². The zero-order valence-corrected chi connectivity index (χ0v) is 14.4. The molecule has 4 rings (SSSR count). The van der Waals surface area contributed by atoms with E-state index in [1.807, 2.05) is 18.2 Å². The van der Waals surface area contributed by atoms with Gasteiger partial charge in [-0.2, -0.15) is 5.26 Å². The van der Waals surface area contributed by atoms with Crippen LogP contribution in [0, 0.1) is 11.3 Å². The number of carboxylic acid groups (broad SMARTS) is 1. The number of anilines is 1. The van der Waals surface area contributed by atoms with Gasteiger partial charge in [-0.1, -0.05) is 25.0 Å². The minimum atomic E-state index is -0.944. The maximum absolute atomic E-state index is 11.4. The van der Waals surface area contributed by atoms with Crippen LogP contribution in [-0.4, -0.2) is 29.4 Å². The molecule has 2 aromatic carbocycles. The third-order valence-corrected chi connectivity index (χ3v) is 5.22. The summed E-state index contributed by atoms with van der Waals surface area (Å²) in [7, 11) is 0. The quantitative estimate of drug-likeness (QED) is 0.907. The van der Waals surface area contributed by atoms with Crippen molar-refractivity contribution in [2.75, 3.05) is 11.4 Å². The van der Waals surface area contributed by atoms with Gasteiger partial charge in [0, 0.05) is 6.04 Å². The Kier molecular flexibility index (Phi) is 4.18. The SMILES string of the molecule is N#Cc1ccc(C2=Nc3cc(C(=O)O)ccc3N(C3CCCC3)C2)cc1. The van der Waals surface area contributed by atoms with Crippen molar-refractivity contribution in [3.63, 3.8) is 0 Å². The van der Waals surface area contributed by atoms with Crippen molar-refractivity contribution in [3.8, 4) is 6.07 Å². The van der Waals surface area contributed by atoms with Crippen LogP contribution in [0.5, 0.6) is 0 Å². The van der Waals surface area contributed by atoms with Crippen molar-refractivity contribution in [1.82, 2.24) is 0 Å². The Labute approximate surface area is 152 Å². The maximum atomic E-state index is 11.4. The van der Waals surface area contributed by atoms with Gasteiger partial charge >= 0.3 is 5.97 Å². The van der Waals surface area contributed by atoms with E-state index in [0.29, 0.717) is 23.8 Å². The van der Waals surface area contributed by atoms with Gasteiger partial charge in [-0.25, -0.2) is 9.79 Å². The summed E-state index contributed by atoms with van der Waals surface area (Å²) in [6, 6.07) is 15.2. The first-order chi connectivity index (χ1) is 12.7. The fourth-order valence-electron chi connectivity index (χ4n) is 3.85. The van der Waals surface area contributed by atoms with Crippen LogP contribution in [0.25, 0.3) is 0 Å². The smallest absolute Gasteiger partial charge is 0.335 e. The Morgan fingerprint density at radius 3 is 2.54 bits per heavy atom. The molecule has 0 aromatic heterocycles. The first kappa shape index (κ1) is 16.3. The Bertz CT molecular complexity index is 919. The second-order valence-corrected chi connectivity index (χ2v) is 6.82. The van der Waals surface area contributed by atoms with Gasteiger partial charge in [-0.3, -0.25) is 0 Å². The molecule has 0 atom stereocenters. The molecule has 1 aliphatic heterocycles. The summed E-state index contributed by atoms with van der Waals surface area (Å²) in [4.78, 5) is 18.5. The molecule has 5 heteroatoms. The number of nitriles is 1. The highest BCUT2D eigenvalue weighted by molar-refractivity contribution is 6.08. The molecular formula is C21H19N3O2. The first-order valence-corrected chi connectivity index (χ1v) is 8.88. The Balaban J connectivity index is 1.78. The normalized spacial score (nSPS) is 16.7. The summed E-state index contributed by atoms with van der Waals surface area (Å²) in [5.41, 5.74) is 4.47. The largest absolute Gasteiger partial charge is 0.478 e. The molecule has 26 heavy (non-hydrogen) atoms. The third-order valence-electron chi connectivity index (χ3n) is 5.22. The number of aliphatic imine (C=N–C) groups is 1. The minimum Gasteiger partial charge on any atom is -0.478 e. The van der Waals surface area contributed by atoms with E-state index < -0.39 is 5.97 Å². The average molecular weight is 345 g/mol. The van der Waals surface area contributed by atoms with Gasteiger partial charge in [0.15, 0.2) is 0 Å². The van der Waals surface area contributed by atoms with Crippen LogP contribution in [-0.2, 0) is 0 Å². The van der Waals surface area contributed by atoms with E-state index in [0.717, 1.165) is 29.8 Å². The van der Waals surface area contributed by atoms with Crippen LogP contribution in [0.15, 0.2) is 47.5 Å². The lowest BCUT2D eigenvalue weighted by atomic mass is 10.0. The van der Waals surface area contributed by atoms with Crippen molar-refractivity contribution < 1.29 is 9.90 Å². The third kappa shape index (κ3) is 2.95. The van der Waals surface area contributed by atoms with E-state index in [4.69, 9.17) is 10.3 Å². The highest BCUT2D eigenvalue weighted by atomic mass is 16.4. The highest BCUT2D eigenvalue weighted by Gasteiger charge is 2.29. The van der Waals surface area contributed by atoms with Crippen molar-refractivity contribution in [3.05, 3.63) is 59.2 Å². The Morgan fingerprint density at radius 1 is 1.15 bits per heavy atom. The van der Waals surface area contributed by atoms with Gasteiger partial charge in [0.1, 0.15) is 0 Å². The molecule has 1 aliphatic carbocycles. The minimum absolute atomic E-state index is 0.250. The van der Waals surface area contributed by atoms with E-state index in [1.165, 1.54) is 12.8 Å². The molecule has 1 fully saturated rings. The van der Waals surface area contributed by atoms with Crippen LogP contribution in [0.3, 0.4) is 0 Å². The van der Waals surface area contributed by atoms with E-state index in [1.54, 1.807) is 24.3 Å². The fraction of sp³-hybridized carbons (Fsp3) is 0.286. The fourth-order valence-corrected chi connectivity index (χ4v) is 3.85. The van der Waals surface area contributed by atoms with Crippen molar-refractivity contribution in [1.29, 1.82) is 5.26 Å². The number of aromatic carboxylic acids is 1. The summed E-state index contributed by atoms with van der Waals surface area (Å²) < 4.78 is 0. The van der Waals surface area contributed by atoms with E-state index in [2.05, 4.69) is 11.0 Å². The monoisotopic (exact) mass is 345 g/mol. The molecule has 1 heterocycles. The van der Waals surface area contributed by atoms with Gasteiger partial charge in [0.25, 0.3) is 0 Å². The Morgan fingerprint density at radius 2 is 1.88 bits per heavy atom. The highest BCUT2D eigenvalue weighted by Crippen LogP contribution is 2.38. The van der Waals surface area contributed by atoms with Crippen LogP contribution in [0.2, 0.25) is 0 Å². The van der Waals surface area contributed by atoms with Crippen molar-refractivity contribution in [2.24, 2.45) is 4.99 Å². The molecule has 0 amide bonds. The van der Waals surface area contributed by atoms with Crippen LogP contribution < -0.4 is 4.90 Å². The molecule has 0 spiro atoms. The lowest BCUT2D eigenvalue weighted by molar-refractivity contribution is 0.0697. The zero-order chi connectivity index (χ0) is 18.1. The van der Waals surface area contributed by atoms with Gasteiger partial charge in [0.2, 0.25) is 0 Å². The molecular weight excluding hydrogens is 326 g/mol. The van der Waals surface area contributed by atoms with Gasteiger partial charge in [0.05, 0.1) is 40.8 Å². The molecule has 130 valence electrons. The van der Waals surface area contributed by atoms with Crippen LogP contribution in [0.4, 0.5) is 11.4 Å². The summed E-state index contributed by atoms with van der Waals surface area (Å²) in [5.74, 6) is -0.944. The molecule has 1 saturated carbocycles. The molecule has 2 aliphatic rings. The predicted octanol–water partition coefficient (Wildman–Crippen LogP) is 4.14. The summed E-state index contributed by atoms with van der Waals surface area (Å²) >= 11 is 0. The van der Waals surface area contributed by atoms with Gasteiger partial charge in [-0.15, -0.1) is 0 Å². The maximum Gasteiger partial charge on any atom is 0.335 e. The molecule has 0 unspecified atom stereocenters. The second kappa shape index (κ2) is 6.64. The number of carboxylic acids is 1. The molecule has 0 saturated heterocycles. The van der Waals surface area contributed by atoms with Crippen LogP contribution in [0.1, 0.15) is 47.2 Å². The number of rotatable bonds is 3. The number of fused-ring (bicyclic) bond motifs is 1. The summed E-state index contributed by atoms with van der Waals surface area (Å²) in [6.07, 6.45) is 4.77. The van der Waals surface area contributed by atoms with E-state index >= 15 is 0 Å². The van der Waals surface area contributed by atoms with Gasteiger partial charge in [-0.05, 0) is 48.7 Å². The molecule has 0 radical (unpaired) electrons. The average Bonchev–Trinajstić information content (AvgIpc) is 3.21.